The van der Waals surface area contributed by atoms with E-state index in [9.17, 15) is 4.79 Å². The fraction of sp³-hybridized carbons (Fsp3) is 0.450. The predicted molar refractivity (Wildman–Crippen MR) is 98.9 cm³/mol. The van der Waals surface area contributed by atoms with Crippen LogP contribution in [0.25, 0.3) is 11.1 Å². The van der Waals surface area contributed by atoms with E-state index in [1.54, 1.807) is 0 Å². The number of rotatable bonds is 5. The Labute approximate surface area is 149 Å². The number of nitrogens with zero attached hydrogens (tertiary/aromatic N) is 3. The lowest BCUT2D eigenvalue weighted by Crippen LogP contribution is -2.53. The third-order valence-electron chi connectivity index (χ3n) is 4.85. The van der Waals surface area contributed by atoms with Crippen molar-refractivity contribution in [2.24, 2.45) is 0 Å². The van der Waals surface area contributed by atoms with Crippen molar-refractivity contribution in [3.05, 3.63) is 48.5 Å². The van der Waals surface area contributed by atoms with Crippen LogP contribution >= 0.6 is 0 Å². The van der Waals surface area contributed by atoms with Gasteiger partial charge in [0.15, 0.2) is 0 Å². The molecule has 1 fully saturated rings. The van der Waals surface area contributed by atoms with Gasteiger partial charge >= 0.3 is 0 Å². The molecule has 5 nitrogen and oxygen atoms in total. The number of carbonyl (C=O) groups excluding carboxylic acids is 1. The van der Waals surface area contributed by atoms with Gasteiger partial charge in [0, 0.05) is 36.6 Å². The van der Waals surface area contributed by atoms with Gasteiger partial charge in [-0.15, -0.1) is 0 Å². The van der Waals surface area contributed by atoms with Crippen LogP contribution in [0, 0.1) is 0 Å². The molecule has 0 radical (unpaired) electrons. The normalized spacial score (nSPS) is 19.3. The van der Waals surface area contributed by atoms with Crippen LogP contribution in [0.2, 0.25) is 0 Å². The lowest BCUT2D eigenvalue weighted by Gasteiger charge is -2.36. The first-order valence-electron chi connectivity index (χ1n) is 8.98. The van der Waals surface area contributed by atoms with Crippen LogP contribution in [-0.2, 0) is 4.79 Å². The van der Waals surface area contributed by atoms with Gasteiger partial charge in [0.1, 0.15) is 6.33 Å². The highest BCUT2D eigenvalue weighted by Gasteiger charge is 2.30. The van der Waals surface area contributed by atoms with Crippen LogP contribution in [0.4, 0.5) is 0 Å². The van der Waals surface area contributed by atoms with Gasteiger partial charge in [0.25, 0.3) is 0 Å². The monoisotopic (exact) mass is 338 g/mol. The standard InChI is InChI=1S/C20H26N4O/c1-14(2)24-10-4-5-19(20(24)25)23-15(3)16-6-8-17(9-7-16)18-11-21-13-22-12-18/h6-9,11-15,19,23H,4-5,10H2,1-3H3. The Morgan fingerprint density at radius 3 is 2.40 bits per heavy atom. The maximum absolute atomic E-state index is 12.6. The summed E-state index contributed by atoms with van der Waals surface area (Å²) < 4.78 is 0. The van der Waals surface area contributed by atoms with Gasteiger partial charge in [-0.3, -0.25) is 10.1 Å². The third-order valence-corrected chi connectivity index (χ3v) is 4.85. The van der Waals surface area contributed by atoms with Crippen LogP contribution in [0.3, 0.4) is 0 Å². The van der Waals surface area contributed by atoms with E-state index in [1.807, 2.05) is 17.3 Å². The molecule has 2 heterocycles. The first kappa shape index (κ1) is 17.5. The second-order valence-corrected chi connectivity index (χ2v) is 6.96. The molecule has 0 saturated carbocycles. The molecule has 1 aliphatic heterocycles. The first-order chi connectivity index (χ1) is 12.1. The lowest BCUT2D eigenvalue weighted by molar-refractivity contribution is -0.138. The first-order valence-corrected chi connectivity index (χ1v) is 8.98. The predicted octanol–water partition coefficient (Wildman–Crippen LogP) is 3.19. The van der Waals surface area contributed by atoms with Crippen LogP contribution in [-0.4, -0.2) is 39.4 Å². The molecule has 0 bridgehead atoms. The highest BCUT2D eigenvalue weighted by atomic mass is 16.2. The third kappa shape index (κ3) is 4.04. The van der Waals surface area contributed by atoms with Gasteiger partial charge in [-0.1, -0.05) is 24.3 Å². The molecule has 132 valence electrons. The Balaban J connectivity index is 1.67. The molecule has 0 spiro atoms. The number of benzene rings is 1. The van der Waals surface area contributed by atoms with E-state index >= 15 is 0 Å². The number of nitrogens with one attached hydrogen (secondary N) is 1. The molecule has 2 unspecified atom stereocenters. The second-order valence-electron chi connectivity index (χ2n) is 6.96. The van der Waals surface area contributed by atoms with Crippen LogP contribution < -0.4 is 5.32 Å². The zero-order chi connectivity index (χ0) is 17.8. The van der Waals surface area contributed by atoms with Crippen molar-refractivity contribution in [1.82, 2.24) is 20.2 Å². The van der Waals surface area contributed by atoms with E-state index in [0.29, 0.717) is 0 Å². The van der Waals surface area contributed by atoms with E-state index in [-0.39, 0.29) is 24.0 Å². The molecule has 1 aromatic carbocycles. The fourth-order valence-electron chi connectivity index (χ4n) is 3.38. The van der Waals surface area contributed by atoms with Gasteiger partial charge in [-0.05, 0) is 44.7 Å². The van der Waals surface area contributed by atoms with Crippen LogP contribution in [0.15, 0.2) is 43.0 Å². The number of piperidine rings is 1. The van der Waals surface area contributed by atoms with E-state index in [0.717, 1.165) is 30.5 Å². The summed E-state index contributed by atoms with van der Waals surface area (Å²) in [5.74, 6) is 0.228. The number of carbonyl (C=O) groups is 1. The van der Waals surface area contributed by atoms with Gasteiger partial charge in [-0.25, -0.2) is 9.97 Å². The summed E-state index contributed by atoms with van der Waals surface area (Å²) in [6, 6.07) is 8.67. The Morgan fingerprint density at radius 2 is 1.76 bits per heavy atom. The van der Waals surface area contributed by atoms with Crippen molar-refractivity contribution in [3.63, 3.8) is 0 Å². The topological polar surface area (TPSA) is 58.1 Å². The van der Waals surface area contributed by atoms with E-state index in [1.165, 1.54) is 11.9 Å². The minimum Gasteiger partial charge on any atom is -0.339 e. The largest absolute Gasteiger partial charge is 0.339 e. The molecule has 1 saturated heterocycles. The number of hydrogen-bond acceptors (Lipinski definition) is 4. The second kappa shape index (κ2) is 7.74. The SMILES string of the molecule is CC(NC1CCCN(C(C)C)C1=O)c1ccc(-c2cncnc2)cc1. The van der Waals surface area contributed by atoms with Crippen molar-refractivity contribution < 1.29 is 4.79 Å². The minimum atomic E-state index is -0.0895. The number of aromatic nitrogens is 2. The molecule has 0 aliphatic carbocycles. The molecule has 5 heteroatoms. The van der Waals surface area contributed by atoms with Crippen molar-refractivity contribution in [1.29, 1.82) is 0 Å². The smallest absolute Gasteiger partial charge is 0.239 e. The van der Waals surface area contributed by atoms with E-state index in [4.69, 9.17) is 0 Å². The van der Waals surface area contributed by atoms with Crippen molar-refractivity contribution >= 4 is 5.91 Å². The average Bonchev–Trinajstić information content (AvgIpc) is 2.64. The highest BCUT2D eigenvalue weighted by Crippen LogP contribution is 2.22. The van der Waals surface area contributed by atoms with Crippen LogP contribution in [0.1, 0.15) is 45.2 Å². The van der Waals surface area contributed by atoms with Crippen LogP contribution in [0.5, 0.6) is 0 Å². The summed E-state index contributed by atoms with van der Waals surface area (Å²) in [7, 11) is 0. The zero-order valence-electron chi connectivity index (χ0n) is 15.1. The maximum atomic E-state index is 12.6. The van der Waals surface area contributed by atoms with Gasteiger partial charge in [0.2, 0.25) is 5.91 Å². The summed E-state index contributed by atoms with van der Waals surface area (Å²) >= 11 is 0. The maximum Gasteiger partial charge on any atom is 0.239 e. The summed E-state index contributed by atoms with van der Waals surface area (Å²) in [5.41, 5.74) is 3.27. The molecule has 1 aromatic heterocycles. The Kier molecular flexibility index (Phi) is 5.43. The van der Waals surface area contributed by atoms with E-state index < -0.39 is 0 Å². The minimum absolute atomic E-state index is 0.0895. The quantitative estimate of drug-likeness (QED) is 0.909. The van der Waals surface area contributed by atoms with Crippen molar-refractivity contribution in [2.45, 2.75) is 51.7 Å². The molecule has 2 aromatic rings. The molecule has 2 atom stereocenters. The molecule has 1 aliphatic rings. The van der Waals surface area contributed by atoms with Crippen molar-refractivity contribution in [3.8, 4) is 11.1 Å². The molecule has 25 heavy (non-hydrogen) atoms. The van der Waals surface area contributed by atoms with Gasteiger partial charge in [0.05, 0.1) is 6.04 Å². The molecule has 3 rings (SSSR count). The van der Waals surface area contributed by atoms with Gasteiger partial charge < -0.3 is 4.90 Å². The summed E-state index contributed by atoms with van der Waals surface area (Å²) in [4.78, 5) is 22.7. The highest BCUT2D eigenvalue weighted by molar-refractivity contribution is 5.83. The lowest BCUT2D eigenvalue weighted by atomic mass is 9.99. The average molecular weight is 338 g/mol. The van der Waals surface area contributed by atoms with E-state index in [2.05, 4.69) is 60.3 Å². The summed E-state index contributed by atoms with van der Waals surface area (Å²) in [6.45, 7) is 7.14. The zero-order valence-corrected chi connectivity index (χ0v) is 15.1. The number of amides is 1. The van der Waals surface area contributed by atoms with Gasteiger partial charge in [-0.2, -0.15) is 0 Å². The number of hydrogen-bond donors (Lipinski definition) is 1. The molecular weight excluding hydrogens is 312 g/mol. The van der Waals surface area contributed by atoms with Crippen molar-refractivity contribution in [2.75, 3.05) is 6.54 Å². The Hall–Kier alpha value is -2.27. The number of likely N-dealkylation sites (tertiary alicyclic amines) is 1. The molecular formula is C20H26N4O. The molecule has 1 amide bonds. The Morgan fingerprint density at radius 1 is 1.08 bits per heavy atom. The summed E-state index contributed by atoms with van der Waals surface area (Å²) in [6.07, 6.45) is 7.12. The Bertz CT molecular complexity index is 699. The fourth-order valence-corrected chi connectivity index (χ4v) is 3.38. The molecule has 1 N–H and O–H groups in total. The summed E-state index contributed by atoms with van der Waals surface area (Å²) in [5, 5.41) is 3.51.